The number of aliphatic hydroxyl groups is 1. The lowest BCUT2D eigenvalue weighted by atomic mass is 10.0. The monoisotopic (exact) mass is 296 g/mol. The van der Waals surface area contributed by atoms with Gasteiger partial charge in [0.2, 0.25) is 0 Å². The van der Waals surface area contributed by atoms with Crippen LogP contribution in [-0.2, 0) is 0 Å². The summed E-state index contributed by atoms with van der Waals surface area (Å²) in [4.78, 5) is 27.0. The quantitative estimate of drug-likeness (QED) is 0.678. The van der Waals surface area contributed by atoms with Crippen molar-refractivity contribution in [2.75, 3.05) is 0 Å². The van der Waals surface area contributed by atoms with Gasteiger partial charge in [-0.15, -0.1) is 0 Å². The Kier molecular flexibility index (Phi) is 3.02. The van der Waals surface area contributed by atoms with Gasteiger partial charge in [-0.2, -0.15) is 0 Å². The molecule has 0 saturated heterocycles. The molecule has 1 N–H and O–H groups in total. The van der Waals surface area contributed by atoms with Gasteiger partial charge in [-0.3, -0.25) is 19.9 Å². The van der Waals surface area contributed by atoms with E-state index in [4.69, 9.17) is 0 Å². The van der Waals surface area contributed by atoms with E-state index in [1.54, 1.807) is 19.9 Å². The number of nitro groups is 1. The lowest BCUT2D eigenvalue weighted by molar-refractivity contribution is -0.384. The van der Waals surface area contributed by atoms with Crippen LogP contribution in [0.5, 0.6) is 0 Å². The molecular formula is C16H12N2O4. The van der Waals surface area contributed by atoms with Crippen molar-refractivity contribution in [1.29, 1.82) is 0 Å². The van der Waals surface area contributed by atoms with Gasteiger partial charge in [0.15, 0.2) is 5.78 Å². The number of non-ortho nitro benzene ring substituents is 1. The number of carbonyl (C=O) groups is 1. The molecule has 0 unspecified atom stereocenters. The van der Waals surface area contributed by atoms with E-state index in [0.29, 0.717) is 28.1 Å². The van der Waals surface area contributed by atoms with Crippen LogP contribution in [0.25, 0.3) is 11.3 Å². The molecule has 1 heterocycles. The Morgan fingerprint density at radius 2 is 1.82 bits per heavy atom. The normalized spacial score (nSPS) is 13.5. The zero-order valence-corrected chi connectivity index (χ0v) is 12.0. The number of nitrogens with zero attached hydrogens (tertiary/aromatic N) is 2. The fraction of sp³-hybridized carbons (Fsp3) is 0.125. The van der Waals surface area contributed by atoms with Crippen LogP contribution in [0.2, 0.25) is 0 Å². The van der Waals surface area contributed by atoms with Crippen molar-refractivity contribution >= 4 is 22.8 Å². The molecule has 2 aromatic rings. The van der Waals surface area contributed by atoms with Crippen molar-refractivity contribution in [3.05, 3.63) is 68.5 Å². The van der Waals surface area contributed by atoms with Crippen LogP contribution in [0.15, 0.2) is 30.3 Å². The van der Waals surface area contributed by atoms with Crippen molar-refractivity contribution in [2.45, 2.75) is 13.8 Å². The van der Waals surface area contributed by atoms with Gasteiger partial charge >= 0.3 is 0 Å². The first-order chi connectivity index (χ1) is 10.4. The highest BCUT2D eigenvalue weighted by molar-refractivity contribution is 6.39. The molecule has 3 rings (SSSR count). The number of allylic oxidation sites excluding steroid dienone is 1. The largest absolute Gasteiger partial charge is 0.506 e. The average Bonchev–Trinajstić information content (AvgIpc) is 2.70. The van der Waals surface area contributed by atoms with Crippen LogP contribution in [0.3, 0.4) is 0 Å². The summed E-state index contributed by atoms with van der Waals surface area (Å²) in [7, 11) is 0. The van der Waals surface area contributed by atoms with Crippen LogP contribution in [0.1, 0.15) is 32.9 Å². The van der Waals surface area contributed by atoms with E-state index in [-0.39, 0.29) is 22.8 Å². The molecule has 0 aliphatic heterocycles. The van der Waals surface area contributed by atoms with E-state index < -0.39 is 4.92 Å². The second kappa shape index (κ2) is 4.77. The number of pyridine rings is 1. The SMILES string of the molecule is Cc1cc2c(c(C)n1)C(=O)C(c1ccc([N+](=O)[O-])cc1)=C2O. The first-order valence-corrected chi connectivity index (χ1v) is 6.61. The second-order valence-electron chi connectivity index (χ2n) is 5.13. The summed E-state index contributed by atoms with van der Waals surface area (Å²) in [6, 6.07) is 7.20. The fourth-order valence-corrected chi connectivity index (χ4v) is 2.69. The number of Topliss-reactive ketones (excluding diaryl/α,β-unsaturated/α-hetero) is 1. The van der Waals surface area contributed by atoms with Crippen LogP contribution < -0.4 is 0 Å². The zero-order chi connectivity index (χ0) is 16.0. The van der Waals surface area contributed by atoms with E-state index in [1.807, 2.05) is 0 Å². The molecule has 6 nitrogen and oxygen atoms in total. The Hall–Kier alpha value is -3.02. The fourth-order valence-electron chi connectivity index (χ4n) is 2.69. The highest BCUT2D eigenvalue weighted by Gasteiger charge is 2.33. The molecule has 0 spiro atoms. The predicted molar refractivity (Wildman–Crippen MR) is 80.6 cm³/mol. The first kappa shape index (κ1) is 13.9. The Morgan fingerprint density at radius 1 is 1.18 bits per heavy atom. The van der Waals surface area contributed by atoms with Crippen molar-refractivity contribution in [2.24, 2.45) is 0 Å². The molecule has 1 aromatic carbocycles. The number of aliphatic hydroxyl groups excluding tert-OH is 1. The Labute approximate surface area is 125 Å². The van der Waals surface area contributed by atoms with Gasteiger partial charge in [0.25, 0.3) is 5.69 Å². The molecular weight excluding hydrogens is 284 g/mol. The number of hydrogen-bond donors (Lipinski definition) is 1. The molecule has 0 radical (unpaired) electrons. The van der Waals surface area contributed by atoms with Crippen molar-refractivity contribution in [1.82, 2.24) is 4.98 Å². The Bertz CT molecular complexity index is 851. The van der Waals surface area contributed by atoms with Crippen LogP contribution in [0, 0.1) is 24.0 Å². The first-order valence-electron chi connectivity index (χ1n) is 6.61. The van der Waals surface area contributed by atoms with Gasteiger partial charge in [-0.1, -0.05) is 0 Å². The second-order valence-corrected chi connectivity index (χ2v) is 5.13. The summed E-state index contributed by atoms with van der Waals surface area (Å²) in [5, 5.41) is 21.1. The molecule has 1 aliphatic carbocycles. The third-order valence-electron chi connectivity index (χ3n) is 3.64. The van der Waals surface area contributed by atoms with E-state index in [2.05, 4.69) is 4.98 Å². The van der Waals surface area contributed by atoms with Crippen LogP contribution in [-0.4, -0.2) is 20.8 Å². The summed E-state index contributed by atoms with van der Waals surface area (Å²) in [6.07, 6.45) is 0. The molecule has 0 amide bonds. The summed E-state index contributed by atoms with van der Waals surface area (Å²) in [5.74, 6) is -0.422. The van der Waals surface area contributed by atoms with Crippen molar-refractivity contribution in [3.63, 3.8) is 0 Å². The van der Waals surface area contributed by atoms with E-state index >= 15 is 0 Å². The van der Waals surface area contributed by atoms with Gasteiger partial charge in [0, 0.05) is 29.1 Å². The summed E-state index contributed by atoms with van der Waals surface area (Å²) in [6.45, 7) is 3.50. The van der Waals surface area contributed by atoms with Gasteiger partial charge in [-0.05, 0) is 37.6 Å². The highest BCUT2D eigenvalue weighted by atomic mass is 16.6. The Morgan fingerprint density at radius 3 is 2.41 bits per heavy atom. The number of fused-ring (bicyclic) bond motifs is 1. The van der Waals surface area contributed by atoms with Crippen molar-refractivity contribution < 1.29 is 14.8 Å². The predicted octanol–water partition coefficient (Wildman–Crippen LogP) is 3.23. The number of nitro benzene ring substituents is 1. The smallest absolute Gasteiger partial charge is 0.269 e. The molecule has 0 fully saturated rings. The number of ketones is 1. The van der Waals surface area contributed by atoms with E-state index in [9.17, 15) is 20.0 Å². The number of aryl methyl sites for hydroxylation is 2. The summed E-state index contributed by atoms with van der Waals surface area (Å²) >= 11 is 0. The summed E-state index contributed by atoms with van der Waals surface area (Å²) in [5.41, 5.74) is 2.64. The lowest BCUT2D eigenvalue weighted by Gasteiger charge is -2.03. The minimum atomic E-state index is -0.513. The molecule has 22 heavy (non-hydrogen) atoms. The standard InChI is InChI=1S/C16H12N2O4/c1-8-7-12-13(9(2)17-8)16(20)14(15(12)19)10-3-5-11(6-4-10)18(21)22/h3-7,19H,1-2H3. The zero-order valence-electron chi connectivity index (χ0n) is 12.0. The topological polar surface area (TPSA) is 93.3 Å². The maximum atomic E-state index is 12.6. The lowest BCUT2D eigenvalue weighted by Crippen LogP contribution is -2.03. The molecule has 1 aromatic heterocycles. The molecule has 0 bridgehead atoms. The molecule has 6 heteroatoms. The molecule has 1 aliphatic rings. The Balaban J connectivity index is 2.14. The number of benzene rings is 1. The maximum absolute atomic E-state index is 12.6. The van der Waals surface area contributed by atoms with Crippen LogP contribution >= 0.6 is 0 Å². The van der Waals surface area contributed by atoms with E-state index in [1.165, 1.54) is 24.3 Å². The number of rotatable bonds is 2. The third kappa shape index (κ3) is 1.96. The van der Waals surface area contributed by atoms with Gasteiger partial charge < -0.3 is 5.11 Å². The molecule has 0 atom stereocenters. The maximum Gasteiger partial charge on any atom is 0.269 e. The van der Waals surface area contributed by atoms with Gasteiger partial charge in [0.05, 0.1) is 16.1 Å². The minimum absolute atomic E-state index is 0.0690. The highest BCUT2D eigenvalue weighted by Crippen LogP contribution is 2.38. The van der Waals surface area contributed by atoms with Gasteiger partial charge in [-0.25, -0.2) is 0 Å². The van der Waals surface area contributed by atoms with Gasteiger partial charge in [0.1, 0.15) is 5.76 Å². The van der Waals surface area contributed by atoms with Crippen molar-refractivity contribution in [3.8, 4) is 0 Å². The number of aromatic nitrogens is 1. The van der Waals surface area contributed by atoms with E-state index in [0.717, 1.165) is 0 Å². The number of carbonyl (C=O) groups excluding carboxylic acids is 1. The molecule has 110 valence electrons. The minimum Gasteiger partial charge on any atom is -0.506 e. The third-order valence-corrected chi connectivity index (χ3v) is 3.64. The summed E-state index contributed by atoms with van der Waals surface area (Å²) < 4.78 is 0. The molecule has 0 saturated carbocycles. The number of hydrogen-bond acceptors (Lipinski definition) is 5. The average molecular weight is 296 g/mol. The van der Waals surface area contributed by atoms with Crippen LogP contribution in [0.4, 0.5) is 5.69 Å².